The molecule has 0 heterocycles. The molecule has 0 fully saturated rings. The molecule has 0 aliphatic carbocycles. The van der Waals surface area contributed by atoms with Gasteiger partial charge in [0.25, 0.3) is 0 Å². The van der Waals surface area contributed by atoms with Gasteiger partial charge in [0.1, 0.15) is 18.0 Å². The van der Waals surface area contributed by atoms with E-state index in [-0.39, 0.29) is 5.75 Å². The molecule has 1 rings (SSSR count). The first-order chi connectivity index (χ1) is 6.65. The average Bonchev–Trinajstić information content (AvgIpc) is 2.18. The van der Waals surface area contributed by atoms with Crippen LogP contribution in [0.3, 0.4) is 0 Å². The summed E-state index contributed by atoms with van der Waals surface area (Å²) in [7, 11) is 0. The van der Waals surface area contributed by atoms with Crippen molar-refractivity contribution < 1.29 is 15.3 Å². The molecule has 0 spiro atoms. The molecule has 0 saturated heterocycles. The minimum absolute atomic E-state index is 0.140. The first-order valence-corrected chi connectivity index (χ1v) is 4.43. The molecule has 1 aromatic rings. The Kier molecular flexibility index (Phi) is 3.68. The van der Waals surface area contributed by atoms with Crippen LogP contribution in [0.25, 0.3) is 0 Å². The van der Waals surface area contributed by atoms with Gasteiger partial charge in [0.05, 0.1) is 0 Å². The van der Waals surface area contributed by atoms with Crippen molar-refractivity contribution in [3.05, 3.63) is 42.0 Å². The summed E-state index contributed by atoms with van der Waals surface area (Å²) >= 11 is 0. The van der Waals surface area contributed by atoms with E-state index in [9.17, 15) is 10.2 Å². The molecule has 0 bridgehead atoms. The number of rotatable bonds is 3. The fourth-order valence-electron chi connectivity index (χ4n) is 1.17. The molecule has 1 aromatic carbocycles. The Labute approximate surface area is 82.9 Å². The van der Waals surface area contributed by atoms with E-state index in [1.165, 1.54) is 18.2 Å². The van der Waals surface area contributed by atoms with Crippen LogP contribution in [-0.4, -0.2) is 21.4 Å². The number of aliphatic hydroxyl groups excluding tert-OH is 2. The number of hydrogen-bond acceptors (Lipinski definition) is 3. The second-order valence-electron chi connectivity index (χ2n) is 3.05. The van der Waals surface area contributed by atoms with Crippen LogP contribution in [0.5, 0.6) is 5.75 Å². The van der Waals surface area contributed by atoms with Gasteiger partial charge in [-0.3, -0.25) is 0 Å². The van der Waals surface area contributed by atoms with Crippen LogP contribution in [0.1, 0.15) is 18.6 Å². The van der Waals surface area contributed by atoms with Crippen molar-refractivity contribution in [3.8, 4) is 5.75 Å². The van der Waals surface area contributed by atoms with E-state index in [1.807, 2.05) is 0 Å². The van der Waals surface area contributed by atoms with Crippen molar-refractivity contribution in [1.82, 2.24) is 0 Å². The van der Waals surface area contributed by atoms with Gasteiger partial charge in [0.2, 0.25) is 0 Å². The van der Waals surface area contributed by atoms with Crippen LogP contribution < -0.4 is 0 Å². The van der Waals surface area contributed by atoms with Gasteiger partial charge in [0, 0.05) is 0 Å². The first kappa shape index (κ1) is 10.8. The van der Waals surface area contributed by atoms with E-state index < -0.39 is 12.2 Å². The first-order valence-electron chi connectivity index (χ1n) is 4.43. The van der Waals surface area contributed by atoms with Crippen LogP contribution in [-0.2, 0) is 0 Å². The summed E-state index contributed by atoms with van der Waals surface area (Å²) in [5.74, 6) is 0.140. The highest BCUT2D eigenvalue weighted by Gasteiger charge is 2.14. The molecule has 0 amide bonds. The number of phenolic OH excluding ortho intramolecular Hbond substituents is 1. The Hall–Kier alpha value is -1.32. The Morgan fingerprint density at radius 1 is 1.14 bits per heavy atom. The maximum Gasteiger partial charge on any atom is 0.115 e. The van der Waals surface area contributed by atoms with E-state index in [4.69, 9.17) is 5.11 Å². The number of hydrogen-bond donors (Lipinski definition) is 3. The lowest BCUT2D eigenvalue weighted by atomic mass is 10.0. The third-order valence-corrected chi connectivity index (χ3v) is 1.95. The van der Waals surface area contributed by atoms with Crippen molar-refractivity contribution in [2.75, 3.05) is 0 Å². The van der Waals surface area contributed by atoms with Crippen LogP contribution in [0, 0.1) is 0 Å². The molecule has 0 radical (unpaired) electrons. The van der Waals surface area contributed by atoms with Gasteiger partial charge in [-0.25, -0.2) is 0 Å². The Morgan fingerprint density at radius 3 is 2.21 bits per heavy atom. The fraction of sp³-hybridized carbons (Fsp3) is 0.273. The second-order valence-corrected chi connectivity index (χ2v) is 3.05. The summed E-state index contributed by atoms with van der Waals surface area (Å²) < 4.78 is 0. The summed E-state index contributed by atoms with van der Waals surface area (Å²) in [4.78, 5) is 0. The van der Waals surface area contributed by atoms with Crippen LogP contribution >= 0.6 is 0 Å². The summed E-state index contributed by atoms with van der Waals surface area (Å²) in [6, 6.07) is 6.10. The van der Waals surface area contributed by atoms with E-state index in [0.717, 1.165) is 0 Å². The lowest BCUT2D eigenvalue weighted by Crippen LogP contribution is -2.15. The van der Waals surface area contributed by atoms with Crippen molar-refractivity contribution in [2.24, 2.45) is 0 Å². The van der Waals surface area contributed by atoms with Gasteiger partial charge < -0.3 is 15.3 Å². The normalized spacial score (nSPS) is 15.6. The molecule has 0 aliphatic rings. The summed E-state index contributed by atoms with van der Waals surface area (Å²) in [6.45, 7) is 1.77. The Morgan fingerprint density at radius 2 is 1.71 bits per heavy atom. The highest BCUT2D eigenvalue weighted by molar-refractivity contribution is 5.28. The summed E-state index contributed by atoms with van der Waals surface area (Å²) in [5.41, 5.74) is 0.577. The Balaban J connectivity index is 2.78. The highest BCUT2D eigenvalue weighted by Crippen LogP contribution is 2.20. The van der Waals surface area contributed by atoms with Crippen LogP contribution in [0.15, 0.2) is 36.4 Å². The van der Waals surface area contributed by atoms with E-state index in [0.29, 0.717) is 5.56 Å². The smallest absolute Gasteiger partial charge is 0.115 e. The van der Waals surface area contributed by atoms with Crippen molar-refractivity contribution >= 4 is 0 Å². The SMILES string of the molecule is C/C=C/C(O)C(O)c1ccc(O)cc1. The molecule has 0 saturated carbocycles. The topological polar surface area (TPSA) is 60.7 Å². The van der Waals surface area contributed by atoms with Gasteiger partial charge in [-0.2, -0.15) is 0 Å². The molecular weight excluding hydrogens is 180 g/mol. The number of benzene rings is 1. The number of allylic oxidation sites excluding steroid dienone is 1. The van der Waals surface area contributed by atoms with Crippen LogP contribution in [0.4, 0.5) is 0 Å². The molecule has 76 valence electrons. The van der Waals surface area contributed by atoms with Gasteiger partial charge in [0.15, 0.2) is 0 Å². The largest absolute Gasteiger partial charge is 0.508 e. The zero-order valence-corrected chi connectivity index (χ0v) is 7.96. The number of aliphatic hydroxyl groups is 2. The molecule has 0 aromatic heterocycles. The maximum absolute atomic E-state index is 9.63. The zero-order valence-electron chi connectivity index (χ0n) is 7.96. The van der Waals surface area contributed by atoms with Crippen molar-refractivity contribution in [2.45, 2.75) is 19.1 Å². The third-order valence-electron chi connectivity index (χ3n) is 1.95. The molecular formula is C11H14O3. The predicted octanol–water partition coefficient (Wildman–Crippen LogP) is 1.36. The number of aromatic hydroxyl groups is 1. The Bertz CT molecular complexity index is 303. The van der Waals surface area contributed by atoms with Gasteiger partial charge >= 0.3 is 0 Å². The van der Waals surface area contributed by atoms with Crippen molar-refractivity contribution in [3.63, 3.8) is 0 Å². The molecule has 3 nitrogen and oxygen atoms in total. The lowest BCUT2D eigenvalue weighted by molar-refractivity contribution is 0.0482. The molecule has 14 heavy (non-hydrogen) atoms. The molecule has 3 N–H and O–H groups in total. The predicted molar refractivity (Wildman–Crippen MR) is 53.9 cm³/mol. The van der Waals surface area contributed by atoms with Gasteiger partial charge in [-0.15, -0.1) is 0 Å². The molecule has 2 unspecified atom stereocenters. The summed E-state index contributed by atoms with van der Waals surface area (Å²) in [5, 5.41) is 28.1. The summed E-state index contributed by atoms with van der Waals surface area (Å²) in [6.07, 6.45) is 1.32. The standard InChI is InChI=1S/C11H14O3/c1-2-3-10(13)11(14)8-4-6-9(12)7-5-8/h2-7,10-14H,1H3/b3-2+. The second kappa shape index (κ2) is 4.79. The van der Waals surface area contributed by atoms with E-state index in [1.54, 1.807) is 25.1 Å². The molecule has 2 atom stereocenters. The molecule has 3 heteroatoms. The van der Waals surface area contributed by atoms with Crippen LogP contribution in [0.2, 0.25) is 0 Å². The monoisotopic (exact) mass is 194 g/mol. The van der Waals surface area contributed by atoms with E-state index >= 15 is 0 Å². The van der Waals surface area contributed by atoms with E-state index in [2.05, 4.69) is 0 Å². The minimum Gasteiger partial charge on any atom is -0.508 e. The zero-order chi connectivity index (χ0) is 10.6. The van der Waals surface area contributed by atoms with Gasteiger partial charge in [-0.1, -0.05) is 24.3 Å². The van der Waals surface area contributed by atoms with Gasteiger partial charge in [-0.05, 0) is 24.6 Å². The lowest BCUT2D eigenvalue weighted by Gasteiger charge is -2.14. The third kappa shape index (κ3) is 2.58. The quantitative estimate of drug-likeness (QED) is 0.637. The van der Waals surface area contributed by atoms with Crippen molar-refractivity contribution in [1.29, 1.82) is 0 Å². The molecule has 0 aliphatic heterocycles. The fourth-order valence-corrected chi connectivity index (χ4v) is 1.17. The highest BCUT2D eigenvalue weighted by atomic mass is 16.3. The number of phenols is 1. The minimum atomic E-state index is -0.952. The maximum atomic E-state index is 9.63. The average molecular weight is 194 g/mol.